The summed E-state index contributed by atoms with van der Waals surface area (Å²) < 4.78 is 56.3. The minimum absolute atomic E-state index is 0.0563. The lowest BCUT2D eigenvalue weighted by Gasteiger charge is -2.53. The number of aromatic nitrogens is 4. The van der Waals surface area contributed by atoms with Crippen LogP contribution >= 0.6 is 0 Å². The van der Waals surface area contributed by atoms with E-state index in [1.807, 2.05) is 36.4 Å². The van der Waals surface area contributed by atoms with Gasteiger partial charge in [0.25, 0.3) is 5.91 Å². The van der Waals surface area contributed by atoms with Crippen LogP contribution in [0.25, 0.3) is 0 Å². The smallest absolute Gasteiger partial charge is 0.422 e. The summed E-state index contributed by atoms with van der Waals surface area (Å²) in [4.78, 5) is 36.7. The molecule has 2 fully saturated rings. The molecule has 2 atom stereocenters. The predicted octanol–water partition coefficient (Wildman–Crippen LogP) is 4.04. The number of fused-ring (bicyclic) bond motifs is 1. The number of benzene rings is 2. The van der Waals surface area contributed by atoms with Crippen molar-refractivity contribution in [3.63, 3.8) is 0 Å². The largest absolute Gasteiger partial charge is 0.481 e. The lowest BCUT2D eigenvalue weighted by atomic mass is 9.81. The molecule has 2 saturated heterocycles. The molecule has 0 aliphatic carbocycles. The first-order valence-corrected chi connectivity index (χ1v) is 16.4. The number of anilines is 1. The zero-order valence-corrected chi connectivity index (χ0v) is 27.8. The van der Waals surface area contributed by atoms with Crippen LogP contribution in [0.2, 0.25) is 0 Å². The summed E-state index contributed by atoms with van der Waals surface area (Å²) in [5, 5.41) is 0. The Bertz CT molecular complexity index is 1710. The van der Waals surface area contributed by atoms with Crippen molar-refractivity contribution >= 4 is 11.7 Å². The maximum Gasteiger partial charge on any atom is 0.422 e. The third-order valence-corrected chi connectivity index (χ3v) is 8.92. The number of nitrogens with two attached hydrogens (primary N) is 1. The molecule has 4 heterocycles. The molecule has 0 unspecified atom stereocenters. The van der Waals surface area contributed by atoms with Gasteiger partial charge in [0.15, 0.2) is 18.1 Å². The highest BCUT2D eigenvalue weighted by molar-refractivity contribution is 5.96. The van der Waals surface area contributed by atoms with Crippen molar-refractivity contribution in [1.29, 1.82) is 0 Å². The highest BCUT2D eigenvalue weighted by Gasteiger charge is 2.44. The Balaban J connectivity index is 1.38. The Morgan fingerprint density at radius 3 is 2.20 bits per heavy atom. The maximum atomic E-state index is 13.7. The van der Waals surface area contributed by atoms with Crippen LogP contribution in [0.3, 0.4) is 0 Å². The van der Waals surface area contributed by atoms with E-state index in [1.54, 1.807) is 11.8 Å². The number of ether oxygens (including phenoxy) is 3. The minimum Gasteiger partial charge on any atom is -0.481 e. The second-order valence-corrected chi connectivity index (χ2v) is 12.1. The van der Waals surface area contributed by atoms with Crippen LogP contribution in [0.15, 0.2) is 73.1 Å². The van der Waals surface area contributed by atoms with E-state index >= 15 is 0 Å². The molecular weight excluding hydrogens is 653 g/mol. The van der Waals surface area contributed by atoms with Gasteiger partial charge in [-0.3, -0.25) is 14.6 Å². The van der Waals surface area contributed by atoms with Gasteiger partial charge in [0, 0.05) is 69.7 Å². The van der Waals surface area contributed by atoms with Gasteiger partial charge in [0.2, 0.25) is 11.8 Å². The van der Waals surface area contributed by atoms with Crippen LogP contribution in [0, 0.1) is 0 Å². The first kappa shape index (κ1) is 34.8. The number of carbonyl (C=O) groups is 1. The molecule has 0 spiro atoms. The van der Waals surface area contributed by atoms with Crippen molar-refractivity contribution in [3.05, 3.63) is 95.4 Å². The van der Waals surface area contributed by atoms with Crippen LogP contribution in [-0.4, -0.2) is 112 Å². The lowest BCUT2D eigenvalue weighted by Crippen LogP contribution is -2.67. The van der Waals surface area contributed by atoms with E-state index in [9.17, 15) is 18.0 Å². The summed E-state index contributed by atoms with van der Waals surface area (Å²) in [6.45, 7) is 2.89. The topological polar surface area (TPSA) is 132 Å². The van der Waals surface area contributed by atoms with Crippen LogP contribution in [0.4, 0.5) is 19.0 Å². The van der Waals surface area contributed by atoms with Crippen molar-refractivity contribution < 1.29 is 32.2 Å². The molecule has 12 nitrogen and oxygen atoms in total. The molecule has 1 amide bonds. The van der Waals surface area contributed by atoms with Crippen molar-refractivity contribution in [1.82, 2.24) is 34.6 Å². The number of nitrogen functional groups attached to an aromatic ring is 1. The molecule has 0 bridgehead atoms. The molecule has 50 heavy (non-hydrogen) atoms. The molecular formula is C35H39F3N8O4. The average molecular weight is 693 g/mol. The van der Waals surface area contributed by atoms with Gasteiger partial charge in [-0.25, -0.2) is 9.97 Å². The third kappa shape index (κ3) is 7.89. The quantitative estimate of drug-likeness (QED) is 0.244. The average Bonchev–Trinajstić information content (AvgIpc) is 3.12. The number of methoxy groups -OCH3 is 1. The van der Waals surface area contributed by atoms with Crippen LogP contribution < -0.4 is 19.9 Å². The van der Waals surface area contributed by atoms with E-state index in [1.165, 1.54) is 19.5 Å². The highest BCUT2D eigenvalue weighted by Crippen LogP contribution is 2.38. The maximum absolute atomic E-state index is 13.7. The van der Waals surface area contributed by atoms with E-state index in [0.29, 0.717) is 32.7 Å². The van der Waals surface area contributed by atoms with Gasteiger partial charge < -0.3 is 24.8 Å². The number of piperazine rings is 2. The summed E-state index contributed by atoms with van der Waals surface area (Å²) >= 11 is 0. The monoisotopic (exact) mass is 692 g/mol. The number of amides is 1. The SMILES string of the molecule is CCOc1nc(OC)c(CN2C[C@@H]3CN(C(=O)c4nccnc4N)CCN3[C@H](C(c3ccccc3)c3ccccc3)C2)c(OCC(F)(F)F)n1. The molecule has 264 valence electrons. The van der Waals surface area contributed by atoms with E-state index < -0.39 is 12.8 Å². The summed E-state index contributed by atoms with van der Waals surface area (Å²) in [5.41, 5.74) is 8.62. The molecule has 15 heteroatoms. The fourth-order valence-corrected chi connectivity index (χ4v) is 6.86. The molecule has 0 radical (unpaired) electrons. The molecule has 6 rings (SSSR count). The van der Waals surface area contributed by atoms with Gasteiger partial charge in [-0.2, -0.15) is 23.1 Å². The Morgan fingerprint density at radius 1 is 0.920 bits per heavy atom. The van der Waals surface area contributed by atoms with Gasteiger partial charge in [-0.05, 0) is 18.1 Å². The summed E-state index contributed by atoms with van der Waals surface area (Å²) in [7, 11) is 1.39. The van der Waals surface area contributed by atoms with Crippen molar-refractivity contribution in [3.8, 4) is 17.8 Å². The number of hydrogen-bond acceptors (Lipinski definition) is 11. The lowest BCUT2D eigenvalue weighted by molar-refractivity contribution is -0.154. The van der Waals surface area contributed by atoms with Crippen molar-refractivity contribution in [2.24, 2.45) is 0 Å². The van der Waals surface area contributed by atoms with Gasteiger partial charge >= 0.3 is 12.2 Å². The Labute approximate surface area is 288 Å². The number of rotatable bonds is 11. The van der Waals surface area contributed by atoms with E-state index in [2.05, 4.69) is 54.0 Å². The summed E-state index contributed by atoms with van der Waals surface area (Å²) in [5.74, 6) is -0.528. The molecule has 2 N–H and O–H groups in total. The van der Waals surface area contributed by atoms with E-state index in [0.717, 1.165) is 11.1 Å². The Hall–Kier alpha value is -5.02. The summed E-state index contributed by atoms with van der Waals surface area (Å²) in [6.07, 6.45) is -1.72. The Kier molecular flexibility index (Phi) is 10.6. The first-order chi connectivity index (χ1) is 24.1. The van der Waals surface area contributed by atoms with Crippen molar-refractivity contribution in [2.45, 2.75) is 37.6 Å². The number of hydrogen-bond donors (Lipinski definition) is 1. The number of nitrogens with zero attached hydrogens (tertiary/aromatic N) is 7. The highest BCUT2D eigenvalue weighted by atomic mass is 19.4. The molecule has 2 aliphatic rings. The van der Waals surface area contributed by atoms with Gasteiger partial charge in [-0.15, -0.1) is 0 Å². The van der Waals surface area contributed by atoms with E-state index in [-0.39, 0.29) is 71.9 Å². The molecule has 4 aromatic rings. The van der Waals surface area contributed by atoms with Gasteiger partial charge in [-0.1, -0.05) is 60.7 Å². The van der Waals surface area contributed by atoms with Gasteiger partial charge in [0.1, 0.15) is 0 Å². The minimum atomic E-state index is -4.60. The Morgan fingerprint density at radius 2 is 1.58 bits per heavy atom. The second kappa shape index (κ2) is 15.3. The first-order valence-electron chi connectivity index (χ1n) is 16.4. The second-order valence-electron chi connectivity index (χ2n) is 12.1. The molecule has 2 aliphatic heterocycles. The molecule has 2 aromatic heterocycles. The normalized spacial score (nSPS) is 18.5. The molecule has 0 saturated carbocycles. The number of halogens is 3. The van der Waals surface area contributed by atoms with Crippen LogP contribution in [-0.2, 0) is 6.54 Å². The zero-order valence-electron chi connectivity index (χ0n) is 27.8. The molecule has 2 aromatic carbocycles. The van der Waals surface area contributed by atoms with Crippen LogP contribution in [0.1, 0.15) is 40.0 Å². The van der Waals surface area contributed by atoms with Crippen LogP contribution in [0.5, 0.6) is 17.8 Å². The van der Waals surface area contributed by atoms with Gasteiger partial charge in [0.05, 0.1) is 19.3 Å². The van der Waals surface area contributed by atoms with Crippen molar-refractivity contribution in [2.75, 3.05) is 58.8 Å². The summed E-state index contributed by atoms with van der Waals surface area (Å²) in [6, 6.07) is 20.0. The number of alkyl halides is 3. The predicted molar refractivity (Wildman–Crippen MR) is 178 cm³/mol. The standard InChI is InChI=1S/C35H39F3N8O4/c1-3-49-34-42-31(48-2)26(32(43-34)50-22-35(36,37)38)20-44-18-25-19-45(33(47)29-30(39)41-15-14-40-29)16-17-46(25)27(21-44)28(23-10-6-4-7-11-23)24-12-8-5-9-13-24/h4-15,25,27-28H,3,16-22H2,1-2H3,(H2,39,41)/t25-,27+/m1/s1. The van der Waals surface area contributed by atoms with E-state index in [4.69, 9.17) is 19.9 Å². The zero-order chi connectivity index (χ0) is 35.3. The third-order valence-electron chi connectivity index (χ3n) is 8.92. The fourth-order valence-electron chi connectivity index (χ4n) is 6.86. The number of carbonyl (C=O) groups excluding carboxylic acids is 1. The fraction of sp³-hybridized carbons (Fsp3) is 0.400.